The predicted octanol–water partition coefficient (Wildman–Crippen LogP) is 4.50. The summed E-state index contributed by atoms with van der Waals surface area (Å²) in [5.41, 5.74) is 2.92. The lowest BCUT2D eigenvalue weighted by atomic mass is 10.1. The highest BCUT2D eigenvalue weighted by Gasteiger charge is 2.30. The number of aryl methyl sites for hydroxylation is 1. The number of ether oxygens (including phenoxy) is 2. The van der Waals surface area contributed by atoms with Crippen LogP contribution >= 0.6 is 11.8 Å². The van der Waals surface area contributed by atoms with E-state index >= 15 is 0 Å². The molecule has 27 heavy (non-hydrogen) atoms. The van der Waals surface area contributed by atoms with Gasteiger partial charge in [-0.3, -0.25) is 9.69 Å². The Balaban J connectivity index is 1.92. The summed E-state index contributed by atoms with van der Waals surface area (Å²) in [7, 11) is 4.93. The third-order valence-electron chi connectivity index (χ3n) is 4.30. The highest BCUT2D eigenvalue weighted by atomic mass is 32.2. The van der Waals surface area contributed by atoms with E-state index in [4.69, 9.17) is 14.5 Å². The first-order valence-corrected chi connectivity index (χ1v) is 9.45. The number of likely N-dealkylation sites (N-methyl/N-ethyl adjacent to an activating group) is 1. The maximum atomic E-state index is 12.6. The van der Waals surface area contributed by atoms with Gasteiger partial charge in [0.1, 0.15) is 0 Å². The first-order chi connectivity index (χ1) is 13.1. The van der Waals surface area contributed by atoms with Gasteiger partial charge in [0, 0.05) is 7.05 Å². The molecule has 0 N–H and O–H groups in total. The molecular formula is C21H22N2O3S. The number of thioether (sulfide) groups is 1. The molecular weight excluding hydrogens is 360 g/mol. The number of nitrogens with zero attached hydrogens (tertiary/aromatic N) is 2. The number of carbonyl (C=O) groups excluding carboxylic acids is 1. The molecule has 0 unspecified atom stereocenters. The Hall–Kier alpha value is -2.73. The van der Waals surface area contributed by atoms with Crippen molar-refractivity contribution < 1.29 is 14.3 Å². The SMILES string of the molecule is CCc1ccccc1N=C1S/C(=C\c2ccc(OC)c(OC)c2)C(=O)N1C. The summed E-state index contributed by atoms with van der Waals surface area (Å²) in [4.78, 5) is 19.6. The van der Waals surface area contributed by atoms with Gasteiger partial charge in [0.15, 0.2) is 16.7 Å². The van der Waals surface area contributed by atoms with Crippen LogP contribution in [-0.4, -0.2) is 37.2 Å². The van der Waals surface area contributed by atoms with Crippen LogP contribution in [0.2, 0.25) is 0 Å². The Morgan fingerprint density at radius 2 is 1.85 bits per heavy atom. The fourth-order valence-corrected chi connectivity index (χ4v) is 3.75. The van der Waals surface area contributed by atoms with Gasteiger partial charge < -0.3 is 9.47 Å². The highest BCUT2D eigenvalue weighted by Crippen LogP contribution is 2.35. The Labute approximate surface area is 163 Å². The van der Waals surface area contributed by atoms with Gasteiger partial charge in [0.25, 0.3) is 5.91 Å². The Bertz CT molecular complexity index is 921. The van der Waals surface area contributed by atoms with E-state index in [0.717, 1.165) is 23.2 Å². The zero-order valence-corrected chi connectivity index (χ0v) is 16.7. The van der Waals surface area contributed by atoms with Crippen LogP contribution in [0.25, 0.3) is 6.08 Å². The second-order valence-electron chi connectivity index (χ2n) is 5.97. The van der Waals surface area contributed by atoms with Crippen molar-refractivity contribution in [2.75, 3.05) is 21.3 Å². The average molecular weight is 382 g/mol. The third kappa shape index (κ3) is 4.01. The number of aliphatic imine (C=N–C) groups is 1. The minimum atomic E-state index is -0.0671. The van der Waals surface area contributed by atoms with Gasteiger partial charge in [0.05, 0.1) is 24.8 Å². The van der Waals surface area contributed by atoms with Gasteiger partial charge >= 0.3 is 0 Å². The molecule has 2 aromatic rings. The van der Waals surface area contributed by atoms with Crippen molar-refractivity contribution in [3.63, 3.8) is 0 Å². The molecule has 0 aromatic heterocycles. The van der Waals surface area contributed by atoms with E-state index in [1.807, 2.05) is 42.5 Å². The van der Waals surface area contributed by atoms with E-state index in [2.05, 4.69) is 13.0 Å². The average Bonchev–Trinajstić information content (AvgIpc) is 2.96. The van der Waals surface area contributed by atoms with Crippen molar-refractivity contribution in [2.24, 2.45) is 4.99 Å². The highest BCUT2D eigenvalue weighted by molar-refractivity contribution is 8.18. The fourth-order valence-electron chi connectivity index (χ4n) is 2.77. The molecule has 0 spiro atoms. The van der Waals surface area contributed by atoms with Crippen LogP contribution in [0, 0.1) is 0 Å². The molecule has 1 aliphatic rings. The quantitative estimate of drug-likeness (QED) is 0.715. The number of methoxy groups -OCH3 is 2. The summed E-state index contributed by atoms with van der Waals surface area (Å²) in [5.74, 6) is 1.21. The molecule has 0 aliphatic carbocycles. The monoisotopic (exact) mass is 382 g/mol. The molecule has 1 amide bonds. The van der Waals surface area contributed by atoms with Gasteiger partial charge in [0.2, 0.25) is 0 Å². The summed E-state index contributed by atoms with van der Waals surface area (Å²) in [6.07, 6.45) is 2.74. The van der Waals surface area contributed by atoms with Crippen LogP contribution in [0.3, 0.4) is 0 Å². The number of carbonyl (C=O) groups is 1. The molecule has 0 radical (unpaired) electrons. The van der Waals surface area contributed by atoms with E-state index in [-0.39, 0.29) is 5.91 Å². The van der Waals surface area contributed by atoms with Crippen molar-refractivity contribution >= 4 is 34.6 Å². The topological polar surface area (TPSA) is 51.1 Å². The maximum Gasteiger partial charge on any atom is 0.266 e. The Morgan fingerprint density at radius 3 is 2.56 bits per heavy atom. The van der Waals surface area contributed by atoms with Crippen LogP contribution in [-0.2, 0) is 11.2 Å². The molecule has 140 valence electrons. The molecule has 3 rings (SSSR count). The first-order valence-electron chi connectivity index (χ1n) is 8.63. The molecule has 0 saturated carbocycles. The standard InChI is InChI=1S/C21H22N2O3S/c1-5-15-8-6-7-9-16(15)22-21-23(2)20(24)19(27-21)13-14-10-11-17(25-3)18(12-14)26-4/h6-13H,5H2,1-4H3/b19-13-,22-21?. The van der Waals surface area contributed by atoms with Gasteiger partial charge in [-0.05, 0) is 53.6 Å². The van der Waals surface area contributed by atoms with E-state index in [1.54, 1.807) is 26.2 Å². The molecule has 0 atom stereocenters. The number of amides is 1. The molecule has 1 aliphatic heterocycles. The van der Waals surface area contributed by atoms with Crippen molar-refractivity contribution in [2.45, 2.75) is 13.3 Å². The number of rotatable bonds is 5. The summed E-state index contributed by atoms with van der Waals surface area (Å²) in [5, 5.41) is 0.674. The number of benzene rings is 2. The lowest BCUT2D eigenvalue weighted by Crippen LogP contribution is -2.23. The maximum absolute atomic E-state index is 12.6. The summed E-state index contributed by atoms with van der Waals surface area (Å²) in [6.45, 7) is 2.10. The third-order valence-corrected chi connectivity index (χ3v) is 5.36. The van der Waals surface area contributed by atoms with Crippen molar-refractivity contribution in [1.82, 2.24) is 4.90 Å². The van der Waals surface area contributed by atoms with Gasteiger partial charge in [-0.25, -0.2) is 4.99 Å². The van der Waals surface area contributed by atoms with E-state index in [0.29, 0.717) is 21.6 Å². The van der Waals surface area contributed by atoms with Gasteiger partial charge in [-0.2, -0.15) is 0 Å². The summed E-state index contributed by atoms with van der Waals surface area (Å²) < 4.78 is 10.6. The zero-order valence-electron chi connectivity index (χ0n) is 15.9. The molecule has 1 saturated heterocycles. The second kappa shape index (κ2) is 8.31. The van der Waals surface area contributed by atoms with Crippen molar-refractivity contribution in [3.8, 4) is 11.5 Å². The second-order valence-corrected chi connectivity index (χ2v) is 6.97. The van der Waals surface area contributed by atoms with Crippen molar-refractivity contribution in [1.29, 1.82) is 0 Å². The number of para-hydroxylation sites is 1. The normalized spacial score (nSPS) is 17.0. The molecule has 1 fully saturated rings. The van der Waals surface area contributed by atoms with E-state index < -0.39 is 0 Å². The van der Waals surface area contributed by atoms with Crippen molar-refractivity contribution in [3.05, 3.63) is 58.5 Å². The molecule has 2 aromatic carbocycles. The first kappa shape index (κ1) is 19.0. The van der Waals surface area contributed by atoms with Gasteiger partial charge in [-0.1, -0.05) is 31.2 Å². The van der Waals surface area contributed by atoms with Crippen LogP contribution < -0.4 is 9.47 Å². The van der Waals surface area contributed by atoms with Crippen LogP contribution in [0.1, 0.15) is 18.1 Å². The predicted molar refractivity (Wildman–Crippen MR) is 111 cm³/mol. The minimum absolute atomic E-state index is 0.0671. The summed E-state index contributed by atoms with van der Waals surface area (Å²) >= 11 is 1.37. The molecule has 6 heteroatoms. The lowest BCUT2D eigenvalue weighted by molar-refractivity contribution is -0.121. The molecule has 0 bridgehead atoms. The largest absolute Gasteiger partial charge is 0.493 e. The molecule has 1 heterocycles. The molecule has 5 nitrogen and oxygen atoms in total. The van der Waals surface area contributed by atoms with E-state index in [9.17, 15) is 4.79 Å². The van der Waals surface area contributed by atoms with Gasteiger partial charge in [-0.15, -0.1) is 0 Å². The number of amidine groups is 1. The minimum Gasteiger partial charge on any atom is -0.493 e. The Morgan fingerprint density at radius 1 is 1.11 bits per heavy atom. The van der Waals surface area contributed by atoms with E-state index in [1.165, 1.54) is 11.8 Å². The lowest BCUT2D eigenvalue weighted by Gasteiger charge is -2.09. The Kier molecular flexibility index (Phi) is 5.86. The number of hydrogen-bond acceptors (Lipinski definition) is 5. The summed E-state index contributed by atoms with van der Waals surface area (Å²) in [6, 6.07) is 13.6. The van der Waals surface area contributed by atoms with Crippen LogP contribution in [0.5, 0.6) is 11.5 Å². The van der Waals surface area contributed by atoms with Crippen LogP contribution in [0.15, 0.2) is 52.4 Å². The zero-order chi connectivity index (χ0) is 19.4. The fraction of sp³-hybridized carbons (Fsp3) is 0.238. The smallest absolute Gasteiger partial charge is 0.266 e. The number of hydrogen-bond donors (Lipinski definition) is 0. The van der Waals surface area contributed by atoms with Crippen LogP contribution in [0.4, 0.5) is 5.69 Å².